The van der Waals surface area contributed by atoms with Crippen LogP contribution in [0.2, 0.25) is 0 Å². The molecule has 5 heteroatoms. The van der Waals surface area contributed by atoms with Crippen molar-refractivity contribution in [1.82, 2.24) is 15.2 Å². The van der Waals surface area contributed by atoms with E-state index in [0.717, 1.165) is 22.2 Å². The fraction of sp³-hybridized carbons (Fsp3) is 0.273. The molecule has 2 heterocycles. The number of carbonyl (C=O) groups is 1. The molecule has 4 nitrogen and oxygen atoms in total. The zero-order valence-electron chi connectivity index (χ0n) is 8.74. The third-order valence-corrected chi connectivity index (χ3v) is 3.19. The Bertz CT molecular complexity index is 433. The zero-order valence-corrected chi connectivity index (χ0v) is 10.3. The van der Waals surface area contributed by atoms with Crippen LogP contribution in [0.1, 0.15) is 12.0 Å². The maximum atomic E-state index is 11.6. The Labute approximate surface area is 102 Å². The van der Waals surface area contributed by atoms with Crippen molar-refractivity contribution in [2.24, 2.45) is 0 Å². The Balaban J connectivity index is 2.08. The van der Waals surface area contributed by atoms with Gasteiger partial charge in [-0.1, -0.05) is 6.58 Å². The monoisotopic (exact) mass is 281 g/mol. The molecule has 0 bridgehead atoms. The second kappa shape index (κ2) is 4.65. The van der Waals surface area contributed by atoms with E-state index in [1.54, 1.807) is 17.3 Å². The van der Waals surface area contributed by atoms with Crippen molar-refractivity contribution in [1.29, 1.82) is 0 Å². The SMILES string of the molecule is C=C1CCN(Cc2ccncc2Br)C(=O)N1. The second-order valence-electron chi connectivity index (χ2n) is 3.67. The summed E-state index contributed by atoms with van der Waals surface area (Å²) < 4.78 is 0.923. The second-order valence-corrected chi connectivity index (χ2v) is 4.53. The maximum absolute atomic E-state index is 11.6. The van der Waals surface area contributed by atoms with Gasteiger partial charge in [0.15, 0.2) is 0 Å². The Hall–Kier alpha value is -1.36. The molecular weight excluding hydrogens is 270 g/mol. The van der Waals surface area contributed by atoms with Crippen LogP contribution in [-0.4, -0.2) is 22.5 Å². The van der Waals surface area contributed by atoms with Crippen LogP contribution in [0.4, 0.5) is 4.79 Å². The Morgan fingerprint density at radius 1 is 1.62 bits per heavy atom. The number of aromatic nitrogens is 1. The number of hydrogen-bond acceptors (Lipinski definition) is 2. The molecule has 1 aliphatic rings. The molecule has 1 aromatic heterocycles. The first-order valence-corrected chi connectivity index (χ1v) is 5.78. The van der Waals surface area contributed by atoms with Crippen LogP contribution >= 0.6 is 15.9 Å². The summed E-state index contributed by atoms with van der Waals surface area (Å²) >= 11 is 3.42. The molecule has 0 saturated carbocycles. The lowest BCUT2D eigenvalue weighted by Crippen LogP contribution is -2.44. The van der Waals surface area contributed by atoms with Crippen LogP contribution in [0.15, 0.2) is 35.2 Å². The van der Waals surface area contributed by atoms with Crippen LogP contribution in [0.5, 0.6) is 0 Å². The number of urea groups is 1. The third kappa shape index (κ3) is 2.41. The van der Waals surface area contributed by atoms with Crippen molar-refractivity contribution in [2.75, 3.05) is 6.54 Å². The molecule has 0 aliphatic carbocycles. The zero-order chi connectivity index (χ0) is 11.5. The maximum Gasteiger partial charge on any atom is 0.321 e. The number of nitrogens with zero attached hydrogens (tertiary/aromatic N) is 2. The van der Waals surface area contributed by atoms with Crippen molar-refractivity contribution < 1.29 is 4.79 Å². The first-order chi connectivity index (χ1) is 7.66. The summed E-state index contributed by atoms with van der Waals surface area (Å²) in [6.07, 6.45) is 4.26. The summed E-state index contributed by atoms with van der Waals surface area (Å²) in [5.41, 5.74) is 1.84. The predicted octanol–water partition coefficient (Wildman–Crippen LogP) is 2.27. The van der Waals surface area contributed by atoms with Crippen LogP contribution in [0, 0.1) is 0 Å². The van der Waals surface area contributed by atoms with E-state index in [1.165, 1.54) is 0 Å². The van der Waals surface area contributed by atoms with E-state index >= 15 is 0 Å². The average molecular weight is 282 g/mol. The van der Waals surface area contributed by atoms with Gasteiger partial charge in [-0.3, -0.25) is 4.98 Å². The van der Waals surface area contributed by atoms with Crippen molar-refractivity contribution in [3.05, 3.63) is 40.8 Å². The summed E-state index contributed by atoms with van der Waals surface area (Å²) in [5, 5.41) is 2.73. The first kappa shape index (κ1) is 11.1. The van der Waals surface area contributed by atoms with Gasteiger partial charge in [0.05, 0.1) is 0 Å². The number of halogens is 1. The van der Waals surface area contributed by atoms with Gasteiger partial charge in [-0.05, 0) is 27.6 Å². The molecular formula is C11H12BrN3O. The number of amides is 2. The molecule has 84 valence electrons. The normalized spacial score (nSPS) is 16.2. The van der Waals surface area contributed by atoms with E-state index in [4.69, 9.17) is 0 Å². The summed E-state index contributed by atoms with van der Waals surface area (Å²) in [6.45, 7) is 5.04. The Morgan fingerprint density at radius 3 is 3.12 bits per heavy atom. The molecule has 1 saturated heterocycles. The molecule has 0 spiro atoms. The summed E-state index contributed by atoms with van der Waals surface area (Å²) in [5.74, 6) is 0. The number of nitrogens with one attached hydrogen (secondary N) is 1. The van der Waals surface area contributed by atoms with Crippen molar-refractivity contribution in [3.8, 4) is 0 Å². The molecule has 1 aromatic rings. The van der Waals surface area contributed by atoms with Gasteiger partial charge in [0.2, 0.25) is 0 Å². The molecule has 1 N–H and O–H groups in total. The molecule has 0 unspecified atom stereocenters. The smallest absolute Gasteiger partial charge is 0.320 e. The van der Waals surface area contributed by atoms with Crippen LogP contribution in [0.3, 0.4) is 0 Å². The van der Waals surface area contributed by atoms with Crippen molar-refractivity contribution in [2.45, 2.75) is 13.0 Å². The summed E-state index contributed by atoms with van der Waals surface area (Å²) in [4.78, 5) is 17.4. The van der Waals surface area contributed by atoms with Gasteiger partial charge in [0, 0.05) is 42.1 Å². The summed E-state index contributed by atoms with van der Waals surface area (Å²) in [7, 11) is 0. The van der Waals surface area contributed by atoms with Crippen LogP contribution in [0.25, 0.3) is 0 Å². The highest BCUT2D eigenvalue weighted by atomic mass is 79.9. The number of hydrogen-bond donors (Lipinski definition) is 1. The highest BCUT2D eigenvalue weighted by Crippen LogP contribution is 2.18. The Kier molecular flexibility index (Phi) is 3.24. The van der Waals surface area contributed by atoms with Gasteiger partial charge >= 0.3 is 6.03 Å². The van der Waals surface area contributed by atoms with Gasteiger partial charge in [-0.15, -0.1) is 0 Å². The minimum atomic E-state index is -0.0834. The number of pyridine rings is 1. The van der Waals surface area contributed by atoms with Crippen molar-refractivity contribution >= 4 is 22.0 Å². The van der Waals surface area contributed by atoms with E-state index in [-0.39, 0.29) is 6.03 Å². The molecule has 0 aromatic carbocycles. The van der Waals surface area contributed by atoms with Gasteiger partial charge in [-0.25, -0.2) is 4.79 Å². The van der Waals surface area contributed by atoms with Gasteiger partial charge in [-0.2, -0.15) is 0 Å². The minimum Gasteiger partial charge on any atom is -0.320 e. The third-order valence-electron chi connectivity index (χ3n) is 2.47. The lowest BCUT2D eigenvalue weighted by Gasteiger charge is -2.28. The number of rotatable bonds is 2. The molecule has 0 radical (unpaired) electrons. The largest absolute Gasteiger partial charge is 0.321 e. The molecule has 1 aliphatic heterocycles. The van der Waals surface area contributed by atoms with Crippen molar-refractivity contribution in [3.63, 3.8) is 0 Å². The first-order valence-electron chi connectivity index (χ1n) is 4.99. The molecule has 1 fully saturated rings. The van der Waals surface area contributed by atoms with E-state index in [1.807, 2.05) is 6.07 Å². The van der Waals surface area contributed by atoms with E-state index in [0.29, 0.717) is 13.1 Å². The van der Waals surface area contributed by atoms with E-state index in [9.17, 15) is 4.79 Å². The highest BCUT2D eigenvalue weighted by molar-refractivity contribution is 9.10. The van der Waals surface area contributed by atoms with Gasteiger partial charge in [0.1, 0.15) is 0 Å². The molecule has 2 amide bonds. The molecule has 2 rings (SSSR count). The minimum absolute atomic E-state index is 0.0834. The quantitative estimate of drug-likeness (QED) is 0.904. The van der Waals surface area contributed by atoms with Crippen LogP contribution < -0.4 is 5.32 Å². The van der Waals surface area contributed by atoms with E-state index < -0.39 is 0 Å². The number of carbonyl (C=O) groups excluding carboxylic acids is 1. The molecule has 16 heavy (non-hydrogen) atoms. The standard InChI is InChI=1S/C11H12BrN3O/c1-8-3-5-15(11(16)14-8)7-9-2-4-13-6-10(9)12/h2,4,6H,1,3,5,7H2,(H,14,16). The average Bonchev–Trinajstić information content (AvgIpc) is 2.25. The Morgan fingerprint density at radius 2 is 2.44 bits per heavy atom. The lowest BCUT2D eigenvalue weighted by molar-refractivity contribution is 0.190. The van der Waals surface area contributed by atoms with E-state index in [2.05, 4.69) is 32.8 Å². The highest BCUT2D eigenvalue weighted by Gasteiger charge is 2.20. The van der Waals surface area contributed by atoms with Gasteiger partial charge < -0.3 is 10.2 Å². The topological polar surface area (TPSA) is 45.2 Å². The lowest BCUT2D eigenvalue weighted by atomic mass is 10.2. The predicted molar refractivity (Wildman–Crippen MR) is 64.6 cm³/mol. The summed E-state index contributed by atoms with van der Waals surface area (Å²) in [6, 6.07) is 1.82. The molecule has 0 atom stereocenters. The fourth-order valence-corrected chi connectivity index (χ4v) is 1.93. The van der Waals surface area contributed by atoms with Crippen LogP contribution in [-0.2, 0) is 6.54 Å². The van der Waals surface area contributed by atoms with Gasteiger partial charge in [0.25, 0.3) is 0 Å². The fourth-order valence-electron chi connectivity index (χ4n) is 1.55.